The molecule has 0 aliphatic carbocycles. The van der Waals surface area contributed by atoms with Gasteiger partial charge in [0, 0.05) is 0 Å². The van der Waals surface area contributed by atoms with Crippen molar-refractivity contribution < 1.29 is 16.5 Å². The van der Waals surface area contributed by atoms with Crippen LogP contribution in [-0.2, 0) is 16.5 Å². The molecular formula is C6H11NNi-3. The molecular weight excluding hydrogens is 145 g/mol. The van der Waals surface area contributed by atoms with Crippen molar-refractivity contribution in [2.24, 2.45) is 0 Å². The summed E-state index contributed by atoms with van der Waals surface area (Å²) in [6.07, 6.45) is 1.92. The second-order valence-electron chi connectivity index (χ2n) is 0.865. The van der Waals surface area contributed by atoms with Gasteiger partial charge in [0.05, 0.1) is 0 Å². The average molecular weight is 156 g/mol. The first-order chi connectivity index (χ1) is 3.33. The van der Waals surface area contributed by atoms with Gasteiger partial charge in [-0.25, -0.2) is 18.1 Å². The first-order valence-corrected chi connectivity index (χ1v) is 2.08. The fourth-order valence-corrected chi connectivity index (χ4v) is 0. The Balaban J connectivity index is -0.0000000575. The minimum atomic E-state index is 0. The molecule has 0 aromatic carbocycles. The molecule has 1 nitrogen and oxygen atoms in total. The van der Waals surface area contributed by atoms with E-state index in [0.29, 0.717) is 0 Å². The molecule has 0 radical (unpaired) electrons. The molecule has 0 unspecified atom stereocenters. The second kappa shape index (κ2) is 28.8. The van der Waals surface area contributed by atoms with Gasteiger partial charge in [0.15, 0.2) is 0 Å². The van der Waals surface area contributed by atoms with Crippen molar-refractivity contribution in [1.82, 2.24) is 0 Å². The van der Waals surface area contributed by atoms with Crippen molar-refractivity contribution in [2.45, 2.75) is 12.8 Å². The fourth-order valence-electron chi connectivity index (χ4n) is 0. The Labute approximate surface area is 62.0 Å². The molecule has 8 heavy (non-hydrogen) atoms. The van der Waals surface area contributed by atoms with E-state index in [1.54, 1.807) is 0 Å². The Kier molecular flexibility index (Phi) is 56.5. The SMILES string of the molecule is [CH2-]C#N.[CH2-]CC[CH2-].[NiH]. The van der Waals surface area contributed by atoms with Crippen LogP contribution in [0.4, 0.5) is 0 Å². The molecule has 0 saturated carbocycles. The molecule has 0 fully saturated rings. The molecule has 0 atom stereocenters. The molecule has 0 amide bonds. The summed E-state index contributed by atoms with van der Waals surface area (Å²) in [4.78, 5) is 0. The molecule has 0 aliphatic heterocycles. The molecule has 0 aromatic rings. The predicted octanol–water partition coefficient (Wildman–Crippen LogP) is 1.51. The number of nitrogens with zero attached hydrogens (tertiary/aromatic N) is 1. The summed E-state index contributed by atoms with van der Waals surface area (Å²) < 4.78 is 0. The summed E-state index contributed by atoms with van der Waals surface area (Å²) in [6.45, 7) is 9.88. The molecule has 0 spiro atoms. The third-order valence-corrected chi connectivity index (χ3v) is 0.250. The third-order valence-electron chi connectivity index (χ3n) is 0.250. The van der Waals surface area contributed by atoms with Crippen LogP contribution in [0.25, 0.3) is 0 Å². The molecule has 2 heteroatoms. The molecule has 0 bridgehead atoms. The van der Waals surface area contributed by atoms with E-state index in [1.165, 1.54) is 6.07 Å². The van der Waals surface area contributed by atoms with Crippen molar-refractivity contribution in [3.8, 4) is 6.07 Å². The van der Waals surface area contributed by atoms with Crippen molar-refractivity contribution in [2.75, 3.05) is 0 Å². The monoisotopic (exact) mass is 155 g/mol. The van der Waals surface area contributed by atoms with Crippen LogP contribution in [0, 0.1) is 32.1 Å². The number of hydrogen-bond donors (Lipinski definition) is 0. The zero-order valence-corrected chi connectivity index (χ0v) is 5.86. The predicted molar refractivity (Wildman–Crippen MR) is 32.3 cm³/mol. The van der Waals surface area contributed by atoms with Crippen LogP contribution in [0.1, 0.15) is 12.8 Å². The second-order valence-corrected chi connectivity index (χ2v) is 0.865. The van der Waals surface area contributed by atoms with Gasteiger partial charge in [0.1, 0.15) is 0 Å². The summed E-state index contributed by atoms with van der Waals surface area (Å²) in [7, 11) is 0. The topological polar surface area (TPSA) is 23.8 Å². The molecule has 0 N–H and O–H groups in total. The van der Waals surface area contributed by atoms with Crippen molar-refractivity contribution >= 4 is 0 Å². The third kappa shape index (κ3) is 189. The molecule has 0 rings (SSSR count). The first-order valence-electron chi connectivity index (χ1n) is 2.08. The van der Waals surface area contributed by atoms with Crippen molar-refractivity contribution in [3.05, 3.63) is 20.8 Å². The number of unbranched alkanes of at least 4 members (excludes halogenated alkanes) is 1. The molecule has 53 valence electrons. The van der Waals surface area contributed by atoms with E-state index in [-0.39, 0.29) is 16.5 Å². The van der Waals surface area contributed by atoms with Crippen LogP contribution in [0.3, 0.4) is 0 Å². The van der Waals surface area contributed by atoms with Crippen LogP contribution in [0.15, 0.2) is 0 Å². The van der Waals surface area contributed by atoms with E-state index in [1.807, 2.05) is 0 Å². The van der Waals surface area contributed by atoms with Gasteiger partial charge >= 0.3 is 16.5 Å². The quantitative estimate of drug-likeness (QED) is 0.416. The van der Waals surface area contributed by atoms with Gasteiger partial charge in [0.25, 0.3) is 0 Å². The van der Waals surface area contributed by atoms with Crippen LogP contribution in [0.2, 0.25) is 0 Å². The fraction of sp³-hybridized carbons (Fsp3) is 0.333. The maximum absolute atomic E-state index is 7.21. The summed E-state index contributed by atoms with van der Waals surface area (Å²) in [5.41, 5.74) is 0. The van der Waals surface area contributed by atoms with E-state index in [2.05, 4.69) is 20.8 Å². The van der Waals surface area contributed by atoms with Gasteiger partial charge in [-0.2, -0.15) is 0 Å². The van der Waals surface area contributed by atoms with Crippen molar-refractivity contribution in [3.63, 3.8) is 0 Å². The number of nitriles is 1. The number of hydrogen-bond acceptors (Lipinski definition) is 1. The Morgan fingerprint density at radius 1 is 1.25 bits per heavy atom. The van der Waals surface area contributed by atoms with Gasteiger partial charge in [-0.1, -0.05) is 0 Å². The molecule has 0 saturated heterocycles. The summed E-state index contributed by atoms with van der Waals surface area (Å²) >= 11 is 0. The van der Waals surface area contributed by atoms with E-state index in [0.717, 1.165) is 12.8 Å². The van der Waals surface area contributed by atoms with Gasteiger partial charge in [-0.3, -0.25) is 0 Å². The zero-order chi connectivity index (χ0) is 6.12. The molecule has 0 aromatic heterocycles. The summed E-state index contributed by atoms with van der Waals surface area (Å²) in [6, 6.07) is 1.50. The van der Waals surface area contributed by atoms with Gasteiger partial charge < -0.3 is 20.8 Å². The minimum absolute atomic E-state index is 0. The Morgan fingerprint density at radius 2 is 1.38 bits per heavy atom. The summed E-state index contributed by atoms with van der Waals surface area (Å²) in [5.74, 6) is 0. The van der Waals surface area contributed by atoms with Crippen LogP contribution in [-0.4, -0.2) is 0 Å². The Bertz CT molecular complexity index is 45.0. The van der Waals surface area contributed by atoms with E-state index < -0.39 is 0 Å². The van der Waals surface area contributed by atoms with E-state index >= 15 is 0 Å². The van der Waals surface area contributed by atoms with Gasteiger partial charge in [-0.15, -0.1) is 6.07 Å². The van der Waals surface area contributed by atoms with E-state index in [9.17, 15) is 0 Å². The van der Waals surface area contributed by atoms with Crippen molar-refractivity contribution in [1.29, 1.82) is 5.26 Å². The standard InChI is InChI=1S/C4H8.C2H2N.Ni.H/c1-3-4-2;1-2-3;;/h1-4H2;1H2;;/q-2;-1;;. The van der Waals surface area contributed by atoms with Crippen LogP contribution in [0.5, 0.6) is 0 Å². The average Bonchev–Trinajstić information content (AvgIpc) is 1.69. The summed E-state index contributed by atoms with van der Waals surface area (Å²) in [5, 5.41) is 7.21. The van der Waals surface area contributed by atoms with E-state index in [4.69, 9.17) is 5.26 Å². The zero-order valence-electron chi connectivity index (χ0n) is 4.82. The maximum atomic E-state index is 7.21. The Morgan fingerprint density at radius 3 is 1.38 bits per heavy atom. The van der Waals surface area contributed by atoms with Crippen LogP contribution >= 0.6 is 0 Å². The molecule has 0 heterocycles. The number of rotatable bonds is 1. The first kappa shape index (κ1) is 15.7. The van der Waals surface area contributed by atoms with Gasteiger partial charge in [-0.05, 0) is 0 Å². The van der Waals surface area contributed by atoms with Gasteiger partial charge in [0.2, 0.25) is 0 Å². The normalized spacial score (nSPS) is 4.62. The van der Waals surface area contributed by atoms with Crippen LogP contribution < -0.4 is 0 Å². The Hall–Kier alpha value is -0.146. The molecule has 0 aliphatic rings.